The van der Waals surface area contributed by atoms with Crippen LogP contribution < -0.4 is 0 Å². The molecule has 1 aromatic heterocycles. The van der Waals surface area contributed by atoms with Gasteiger partial charge >= 0.3 is 0 Å². The summed E-state index contributed by atoms with van der Waals surface area (Å²) in [7, 11) is 0. The molecule has 6 rings (SSSR count). The van der Waals surface area contributed by atoms with Gasteiger partial charge in [-0.25, -0.2) is 0 Å². The summed E-state index contributed by atoms with van der Waals surface area (Å²) >= 11 is 3.33. The molecule has 3 aliphatic carbocycles. The molecule has 2 heterocycles. The lowest BCUT2D eigenvalue weighted by molar-refractivity contribution is -0.384. The molecule has 2 saturated carbocycles. The molecule has 4 atom stereocenters. The second kappa shape index (κ2) is 6.23. The second-order valence-electron chi connectivity index (χ2n) is 8.58. The molecular formula is C22H16BrN3O5. The molecule has 0 unspecified atom stereocenters. The maximum Gasteiger partial charge on any atom is 0.270 e. The van der Waals surface area contributed by atoms with E-state index in [1.807, 2.05) is 0 Å². The van der Waals surface area contributed by atoms with Crippen LogP contribution in [0.5, 0.6) is 0 Å². The largest absolute Gasteiger partial charge is 0.455 e. The first-order chi connectivity index (χ1) is 14.9. The van der Waals surface area contributed by atoms with Gasteiger partial charge in [-0.1, -0.05) is 12.2 Å². The number of halogens is 1. The Bertz CT molecular complexity index is 1190. The normalized spacial score (nSPS) is 29.5. The first kappa shape index (κ1) is 18.7. The number of imide groups is 1. The van der Waals surface area contributed by atoms with Crippen molar-refractivity contribution in [3.63, 3.8) is 0 Å². The number of carbonyl (C=O) groups excluding carboxylic acids is 2. The first-order valence-corrected chi connectivity index (χ1v) is 10.8. The summed E-state index contributed by atoms with van der Waals surface area (Å²) in [5.41, 5.74) is 0.771. The van der Waals surface area contributed by atoms with Gasteiger partial charge in [0.15, 0.2) is 0 Å². The van der Waals surface area contributed by atoms with E-state index in [-0.39, 0.29) is 46.6 Å². The van der Waals surface area contributed by atoms with Gasteiger partial charge in [0.05, 0.1) is 23.0 Å². The fourth-order valence-corrected chi connectivity index (χ4v) is 6.24. The monoisotopic (exact) mass is 481 g/mol. The van der Waals surface area contributed by atoms with Crippen LogP contribution >= 0.6 is 15.9 Å². The lowest BCUT2D eigenvalue weighted by Gasteiger charge is -2.18. The van der Waals surface area contributed by atoms with Crippen LogP contribution in [0.2, 0.25) is 0 Å². The fourth-order valence-electron chi connectivity index (χ4n) is 5.68. The summed E-state index contributed by atoms with van der Waals surface area (Å²) in [4.78, 5) is 36.3. The number of hydrazone groups is 1. The smallest absolute Gasteiger partial charge is 0.270 e. The van der Waals surface area contributed by atoms with Crippen molar-refractivity contribution < 1.29 is 18.9 Å². The molecule has 2 amide bonds. The maximum atomic E-state index is 12.9. The summed E-state index contributed by atoms with van der Waals surface area (Å²) in [6, 6.07) is 7.76. The molecule has 2 aromatic rings. The molecular weight excluding hydrogens is 466 g/mol. The number of non-ortho nitro benzene ring substituents is 1. The molecule has 2 bridgehead atoms. The van der Waals surface area contributed by atoms with Crippen LogP contribution in [0.3, 0.4) is 0 Å². The van der Waals surface area contributed by atoms with E-state index in [1.165, 1.54) is 18.3 Å². The Hall–Kier alpha value is -3.07. The van der Waals surface area contributed by atoms with Crippen molar-refractivity contribution in [2.75, 3.05) is 0 Å². The number of hydrogen-bond donors (Lipinski definition) is 0. The van der Waals surface area contributed by atoms with Gasteiger partial charge in [0.1, 0.15) is 11.5 Å². The minimum absolute atomic E-state index is 0.0305. The highest BCUT2D eigenvalue weighted by atomic mass is 79.9. The maximum absolute atomic E-state index is 12.9. The third kappa shape index (κ3) is 2.49. The minimum Gasteiger partial charge on any atom is -0.455 e. The van der Waals surface area contributed by atoms with Gasteiger partial charge in [-0.05, 0) is 64.2 Å². The SMILES string of the molecule is O=C1[C@@H]2[C@@H](C(=O)N1/N=C\c1ccc(-c3ccc([N+](=O)[O-])cc3Br)o1)[C@H]1C=C[C@H]2C12CC2. The highest BCUT2D eigenvalue weighted by molar-refractivity contribution is 9.10. The molecule has 3 fully saturated rings. The van der Waals surface area contributed by atoms with Gasteiger partial charge in [0.25, 0.3) is 17.5 Å². The van der Waals surface area contributed by atoms with E-state index in [4.69, 9.17) is 4.42 Å². The number of carbonyl (C=O) groups is 2. The lowest BCUT2D eigenvalue weighted by Crippen LogP contribution is -2.30. The van der Waals surface area contributed by atoms with Crippen LogP contribution in [-0.2, 0) is 9.59 Å². The van der Waals surface area contributed by atoms with Crippen molar-refractivity contribution in [3.05, 3.63) is 62.8 Å². The lowest BCUT2D eigenvalue weighted by atomic mass is 9.85. The number of benzene rings is 1. The summed E-state index contributed by atoms with van der Waals surface area (Å²) in [6.07, 6.45) is 7.80. The zero-order valence-electron chi connectivity index (χ0n) is 16.1. The number of nitro benzene ring substituents is 1. The number of furan rings is 1. The topological polar surface area (TPSA) is 106 Å². The molecule has 9 heteroatoms. The molecule has 1 aliphatic heterocycles. The van der Waals surface area contributed by atoms with Gasteiger partial charge in [-0.3, -0.25) is 19.7 Å². The molecule has 0 N–H and O–H groups in total. The van der Waals surface area contributed by atoms with E-state index >= 15 is 0 Å². The zero-order chi connectivity index (χ0) is 21.5. The van der Waals surface area contributed by atoms with Crippen LogP contribution in [-0.4, -0.2) is 28.0 Å². The predicted octanol–water partition coefficient (Wildman–Crippen LogP) is 4.15. The van der Waals surface area contributed by atoms with E-state index in [2.05, 4.69) is 33.2 Å². The van der Waals surface area contributed by atoms with E-state index in [0.29, 0.717) is 21.6 Å². The molecule has 1 spiro atoms. The quantitative estimate of drug-likeness (QED) is 0.214. The van der Waals surface area contributed by atoms with Crippen molar-refractivity contribution in [2.24, 2.45) is 34.2 Å². The Balaban J connectivity index is 1.23. The third-order valence-corrected chi connectivity index (χ3v) is 7.84. The number of nitro groups is 1. The molecule has 4 aliphatic rings. The van der Waals surface area contributed by atoms with Gasteiger partial charge in [0, 0.05) is 22.2 Å². The minimum atomic E-state index is -0.471. The molecule has 1 saturated heterocycles. The number of nitrogens with zero attached hydrogens (tertiary/aromatic N) is 3. The van der Waals surface area contributed by atoms with E-state index in [1.54, 1.807) is 18.2 Å². The Labute approximate surface area is 184 Å². The predicted molar refractivity (Wildman–Crippen MR) is 113 cm³/mol. The van der Waals surface area contributed by atoms with Gasteiger partial charge in [-0.2, -0.15) is 10.1 Å². The van der Waals surface area contributed by atoms with Gasteiger partial charge in [-0.15, -0.1) is 0 Å². The number of amides is 2. The van der Waals surface area contributed by atoms with E-state index < -0.39 is 4.92 Å². The standard InChI is InChI=1S/C22H16BrN3O5/c23-16-9-11(26(29)30)1-3-13(16)17-6-2-12(31-17)10-24-25-20(27)18-14-4-5-15(19(18)21(25)28)22(14)7-8-22/h1-6,9-10,14-15,18-19H,7-8H2/b24-10-/t14-,15-,18+,19+/m1/s1. The Morgan fingerprint density at radius 2 is 1.81 bits per heavy atom. The summed E-state index contributed by atoms with van der Waals surface area (Å²) in [5.74, 6) is 0.159. The van der Waals surface area contributed by atoms with Crippen LogP contribution in [0.1, 0.15) is 18.6 Å². The molecule has 156 valence electrons. The van der Waals surface area contributed by atoms with Crippen LogP contribution in [0.25, 0.3) is 11.3 Å². The van der Waals surface area contributed by atoms with E-state index in [0.717, 1.165) is 17.9 Å². The average molecular weight is 482 g/mol. The zero-order valence-corrected chi connectivity index (χ0v) is 17.7. The highest BCUT2D eigenvalue weighted by Crippen LogP contribution is 2.73. The van der Waals surface area contributed by atoms with Crippen LogP contribution in [0.15, 0.2) is 56.5 Å². The van der Waals surface area contributed by atoms with Gasteiger partial charge in [0.2, 0.25) is 0 Å². The molecule has 0 radical (unpaired) electrons. The number of hydrogen-bond acceptors (Lipinski definition) is 6. The van der Waals surface area contributed by atoms with Crippen molar-refractivity contribution in [1.82, 2.24) is 5.01 Å². The summed E-state index contributed by atoms with van der Waals surface area (Å²) in [5, 5.41) is 16.1. The molecule has 1 aromatic carbocycles. The number of fused-ring (bicyclic) bond motifs is 3. The van der Waals surface area contributed by atoms with Crippen LogP contribution in [0.4, 0.5) is 5.69 Å². The average Bonchev–Trinajstić information content (AvgIpc) is 3.03. The van der Waals surface area contributed by atoms with Crippen molar-refractivity contribution >= 4 is 39.6 Å². The molecule has 31 heavy (non-hydrogen) atoms. The highest BCUT2D eigenvalue weighted by Gasteiger charge is 2.73. The van der Waals surface area contributed by atoms with Gasteiger partial charge < -0.3 is 4.42 Å². The fraction of sp³-hybridized carbons (Fsp3) is 0.318. The summed E-state index contributed by atoms with van der Waals surface area (Å²) in [6.45, 7) is 0. The van der Waals surface area contributed by atoms with Crippen molar-refractivity contribution in [3.8, 4) is 11.3 Å². The molecule has 8 nitrogen and oxygen atoms in total. The Kier molecular flexibility index (Phi) is 3.75. The van der Waals surface area contributed by atoms with Crippen molar-refractivity contribution in [1.29, 1.82) is 0 Å². The van der Waals surface area contributed by atoms with Crippen molar-refractivity contribution in [2.45, 2.75) is 12.8 Å². The third-order valence-electron chi connectivity index (χ3n) is 7.19. The summed E-state index contributed by atoms with van der Waals surface area (Å²) < 4.78 is 6.28. The second-order valence-corrected chi connectivity index (χ2v) is 9.43. The number of rotatable bonds is 4. The van der Waals surface area contributed by atoms with Crippen LogP contribution in [0, 0.1) is 39.2 Å². The van der Waals surface area contributed by atoms with E-state index in [9.17, 15) is 19.7 Å². The first-order valence-electron chi connectivity index (χ1n) is 10.0. The Morgan fingerprint density at radius 1 is 1.13 bits per heavy atom. The number of allylic oxidation sites excluding steroid dienone is 2. The Morgan fingerprint density at radius 3 is 2.39 bits per heavy atom.